The minimum Gasteiger partial charge on any atom is -0.493 e. The summed E-state index contributed by atoms with van der Waals surface area (Å²) in [6.45, 7) is 0. The maximum Gasteiger partial charge on any atom is 0.267 e. The number of halogens is 2. The molecule has 0 saturated carbocycles. The number of rotatable bonds is 4. The van der Waals surface area contributed by atoms with E-state index in [1.165, 1.54) is 18.8 Å². The number of fused-ring (bicyclic) bond motifs is 1. The number of ether oxygens (including phenoxy) is 2. The van der Waals surface area contributed by atoms with Crippen molar-refractivity contribution >= 4 is 40.1 Å². The Hall–Kier alpha value is -2.48. The Morgan fingerprint density at radius 1 is 1.12 bits per heavy atom. The van der Waals surface area contributed by atoms with E-state index in [2.05, 4.69) is 10.4 Å². The number of nitrogens with zero attached hydrogens (tertiary/aromatic N) is 2. The predicted octanol–water partition coefficient (Wildman–Crippen LogP) is 3.00. The first-order valence-electron chi connectivity index (χ1n) is 7.11. The van der Waals surface area contributed by atoms with Crippen molar-refractivity contribution in [2.24, 2.45) is 5.84 Å². The van der Waals surface area contributed by atoms with Gasteiger partial charge in [-0.15, -0.1) is 0 Å². The molecule has 0 aliphatic heterocycles. The van der Waals surface area contributed by atoms with Gasteiger partial charge in [-0.3, -0.25) is 10.2 Å². The van der Waals surface area contributed by atoms with Gasteiger partial charge in [0.2, 0.25) is 5.95 Å². The molecule has 0 aliphatic carbocycles. The van der Waals surface area contributed by atoms with Crippen molar-refractivity contribution in [1.82, 2.24) is 9.55 Å². The molecule has 25 heavy (non-hydrogen) atoms. The molecular formula is C16H14Cl2N4O3. The van der Waals surface area contributed by atoms with Crippen LogP contribution in [0.3, 0.4) is 0 Å². The zero-order valence-electron chi connectivity index (χ0n) is 13.3. The van der Waals surface area contributed by atoms with Crippen molar-refractivity contribution in [1.29, 1.82) is 0 Å². The van der Waals surface area contributed by atoms with Gasteiger partial charge in [-0.1, -0.05) is 23.2 Å². The van der Waals surface area contributed by atoms with Crippen molar-refractivity contribution in [3.8, 4) is 17.2 Å². The molecule has 3 rings (SSSR count). The molecule has 1 aromatic heterocycles. The topological polar surface area (TPSA) is 91.4 Å². The highest BCUT2D eigenvalue weighted by Crippen LogP contribution is 2.32. The molecule has 9 heteroatoms. The summed E-state index contributed by atoms with van der Waals surface area (Å²) in [6, 6.07) is 7.92. The maximum atomic E-state index is 13.1. The van der Waals surface area contributed by atoms with Crippen LogP contribution in [-0.4, -0.2) is 23.8 Å². The molecule has 130 valence electrons. The number of hydrazine groups is 1. The van der Waals surface area contributed by atoms with Crippen molar-refractivity contribution < 1.29 is 9.47 Å². The third kappa shape index (κ3) is 2.97. The van der Waals surface area contributed by atoms with E-state index in [-0.39, 0.29) is 11.5 Å². The molecule has 1 heterocycles. The van der Waals surface area contributed by atoms with E-state index < -0.39 is 0 Å². The number of aromatic nitrogens is 2. The summed E-state index contributed by atoms with van der Waals surface area (Å²) in [5.41, 5.74) is 2.78. The lowest BCUT2D eigenvalue weighted by Gasteiger charge is -2.15. The van der Waals surface area contributed by atoms with Gasteiger partial charge in [0, 0.05) is 11.1 Å². The minimum atomic E-state index is -0.386. The van der Waals surface area contributed by atoms with Gasteiger partial charge >= 0.3 is 0 Å². The quantitative estimate of drug-likeness (QED) is 0.533. The molecule has 3 aromatic rings. The van der Waals surface area contributed by atoms with Crippen LogP contribution in [0.5, 0.6) is 11.5 Å². The SMILES string of the molecule is COc1cc2nc(NN)n(-c3cc(Cl)ccc3Cl)c(=O)c2cc1OC. The third-order valence-electron chi connectivity index (χ3n) is 3.65. The average Bonchev–Trinajstić information content (AvgIpc) is 2.62. The highest BCUT2D eigenvalue weighted by atomic mass is 35.5. The molecule has 3 N–H and O–H groups in total. The summed E-state index contributed by atoms with van der Waals surface area (Å²) >= 11 is 12.3. The maximum absolute atomic E-state index is 13.1. The van der Waals surface area contributed by atoms with E-state index in [0.29, 0.717) is 38.1 Å². The molecule has 0 saturated heterocycles. The Kier molecular flexibility index (Phi) is 4.71. The number of nitrogens with two attached hydrogens (primary N) is 1. The summed E-state index contributed by atoms with van der Waals surface area (Å²) in [4.78, 5) is 17.4. The number of anilines is 1. The molecule has 0 atom stereocenters. The van der Waals surface area contributed by atoms with E-state index in [4.69, 9.17) is 38.5 Å². The van der Waals surface area contributed by atoms with Crippen molar-refractivity contribution in [2.45, 2.75) is 0 Å². The average molecular weight is 381 g/mol. The smallest absolute Gasteiger partial charge is 0.267 e. The Morgan fingerprint density at radius 2 is 1.80 bits per heavy atom. The predicted molar refractivity (Wildman–Crippen MR) is 98.3 cm³/mol. The molecule has 0 aliphatic rings. The van der Waals surface area contributed by atoms with Crippen molar-refractivity contribution in [3.63, 3.8) is 0 Å². The Bertz CT molecular complexity index is 1020. The molecule has 0 fully saturated rings. The number of methoxy groups -OCH3 is 2. The molecule has 0 amide bonds. The van der Waals surface area contributed by atoms with Crippen molar-refractivity contribution in [2.75, 3.05) is 19.6 Å². The van der Waals surface area contributed by atoms with Gasteiger partial charge in [0.15, 0.2) is 11.5 Å². The van der Waals surface area contributed by atoms with E-state index in [9.17, 15) is 4.79 Å². The lowest BCUT2D eigenvalue weighted by atomic mass is 10.2. The number of nitrogens with one attached hydrogen (secondary N) is 1. The van der Waals surface area contributed by atoms with Gasteiger partial charge in [-0.05, 0) is 24.3 Å². The number of hydrogen-bond donors (Lipinski definition) is 2. The van der Waals surface area contributed by atoms with E-state index >= 15 is 0 Å². The molecule has 7 nitrogen and oxygen atoms in total. The monoisotopic (exact) mass is 380 g/mol. The fourth-order valence-corrected chi connectivity index (χ4v) is 2.86. The summed E-state index contributed by atoms with van der Waals surface area (Å²) < 4.78 is 11.8. The second kappa shape index (κ2) is 6.79. The molecule has 0 bridgehead atoms. The Balaban J connectivity index is 2.41. The number of nitrogen functional groups attached to an aromatic ring is 1. The van der Waals surface area contributed by atoms with Crippen molar-refractivity contribution in [3.05, 3.63) is 50.7 Å². The van der Waals surface area contributed by atoms with Crippen LogP contribution in [0.2, 0.25) is 10.0 Å². The zero-order valence-corrected chi connectivity index (χ0v) is 14.9. The summed E-state index contributed by atoms with van der Waals surface area (Å²) in [5.74, 6) is 6.52. The lowest BCUT2D eigenvalue weighted by molar-refractivity contribution is 0.355. The molecule has 0 spiro atoms. The Labute approximate surface area is 152 Å². The second-order valence-corrected chi connectivity index (χ2v) is 5.88. The van der Waals surface area contributed by atoms with Crippen LogP contribution >= 0.6 is 23.2 Å². The van der Waals surface area contributed by atoms with Gasteiger partial charge in [-0.25, -0.2) is 15.4 Å². The van der Waals surface area contributed by atoms with Crippen LogP contribution in [0.25, 0.3) is 16.6 Å². The first kappa shape index (κ1) is 17.3. The third-order valence-corrected chi connectivity index (χ3v) is 4.21. The van der Waals surface area contributed by atoms with Gasteiger partial charge in [0.25, 0.3) is 5.56 Å². The second-order valence-electron chi connectivity index (χ2n) is 5.04. The zero-order chi connectivity index (χ0) is 18.1. The molecule has 0 unspecified atom stereocenters. The van der Waals surface area contributed by atoms with Gasteiger partial charge in [-0.2, -0.15) is 0 Å². The number of hydrogen-bond acceptors (Lipinski definition) is 6. The summed E-state index contributed by atoms with van der Waals surface area (Å²) in [6.07, 6.45) is 0. The first-order chi connectivity index (χ1) is 12.0. The standard InChI is InChI=1S/C16H14Cl2N4O3/c1-24-13-6-9-11(7-14(13)25-2)20-16(21-19)22(15(9)23)12-5-8(17)3-4-10(12)18/h3-7H,19H2,1-2H3,(H,20,21). The summed E-state index contributed by atoms with van der Waals surface area (Å²) in [7, 11) is 2.98. The molecular weight excluding hydrogens is 367 g/mol. The first-order valence-corrected chi connectivity index (χ1v) is 7.86. The van der Waals surface area contributed by atoms with Gasteiger partial charge < -0.3 is 9.47 Å². The van der Waals surface area contributed by atoms with Crippen LogP contribution in [0.15, 0.2) is 35.1 Å². The van der Waals surface area contributed by atoms with Crippen LogP contribution in [-0.2, 0) is 0 Å². The summed E-state index contributed by atoms with van der Waals surface area (Å²) in [5, 5.41) is 1.05. The Morgan fingerprint density at radius 3 is 2.44 bits per heavy atom. The normalized spacial score (nSPS) is 10.8. The fraction of sp³-hybridized carbons (Fsp3) is 0.125. The number of benzene rings is 2. The van der Waals surface area contributed by atoms with E-state index in [0.717, 1.165) is 0 Å². The van der Waals surface area contributed by atoms with Gasteiger partial charge in [0.1, 0.15) is 0 Å². The van der Waals surface area contributed by atoms with Crippen LogP contribution in [0.1, 0.15) is 0 Å². The largest absolute Gasteiger partial charge is 0.493 e. The fourth-order valence-electron chi connectivity index (χ4n) is 2.49. The van der Waals surface area contributed by atoms with Gasteiger partial charge in [0.05, 0.1) is 35.8 Å². The lowest BCUT2D eigenvalue weighted by Crippen LogP contribution is -2.26. The van der Waals surface area contributed by atoms with E-state index in [1.807, 2.05) is 0 Å². The highest BCUT2D eigenvalue weighted by Gasteiger charge is 2.17. The van der Waals surface area contributed by atoms with Crippen LogP contribution in [0, 0.1) is 0 Å². The highest BCUT2D eigenvalue weighted by molar-refractivity contribution is 6.34. The minimum absolute atomic E-state index is 0.105. The molecule has 0 radical (unpaired) electrons. The van der Waals surface area contributed by atoms with Crippen LogP contribution in [0.4, 0.5) is 5.95 Å². The molecule has 2 aromatic carbocycles. The van der Waals surface area contributed by atoms with E-state index in [1.54, 1.807) is 30.3 Å². The van der Waals surface area contributed by atoms with Crippen LogP contribution < -0.4 is 26.3 Å².